The molecule has 0 radical (unpaired) electrons. The van der Waals surface area contributed by atoms with Crippen LogP contribution >= 0.6 is 27.3 Å². The van der Waals surface area contributed by atoms with Crippen LogP contribution < -0.4 is 5.32 Å². The molecular formula is C18H22BrNS. The van der Waals surface area contributed by atoms with Gasteiger partial charge in [-0.05, 0) is 82.7 Å². The van der Waals surface area contributed by atoms with Crippen molar-refractivity contribution in [3.63, 3.8) is 0 Å². The standard InChI is InChI=1S/C18H22BrNS/c1-2-9-20-17(18-16(19)8-10-21-18)12-13-6-7-14-4-3-5-15(14)11-13/h6-8,10-11,17,20H,2-5,9,12H2,1H3. The fourth-order valence-corrected chi connectivity index (χ4v) is 4.84. The van der Waals surface area contributed by atoms with Gasteiger partial charge in [0.05, 0.1) is 0 Å². The van der Waals surface area contributed by atoms with Gasteiger partial charge in [0.2, 0.25) is 0 Å². The van der Waals surface area contributed by atoms with Crippen molar-refractivity contribution in [3.8, 4) is 0 Å². The van der Waals surface area contributed by atoms with Crippen LogP contribution in [-0.2, 0) is 19.3 Å². The third-order valence-electron chi connectivity index (χ3n) is 4.20. The van der Waals surface area contributed by atoms with Crippen LogP contribution in [0.1, 0.15) is 47.4 Å². The minimum absolute atomic E-state index is 0.416. The average Bonchev–Trinajstić information content (AvgIpc) is 3.11. The van der Waals surface area contributed by atoms with Crippen LogP contribution in [0.3, 0.4) is 0 Å². The maximum Gasteiger partial charge on any atom is 0.0467 e. The topological polar surface area (TPSA) is 12.0 Å². The molecule has 1 atom stereocenters. The van der Waals surface area contributed by atoms with Gasteiger partial charge in [0.1, 0.15) is 0 Å². The summed E-state index contributed by atoms with van der Waals surface area (Å²) in [6.07, 6.45) is 6.10. The number of hydrogen-bond acceptors (Lipinski definition) is 2. The molecule has 1 heterocycles. The van der Waals surface area contributed by atoms with Crippen molar-refractivity contribution in [2.24, 2.45) is 0 Å². The smallest absolute Gasteiger partial charge is 0.0467 e. The van der Waals surface area contributed by atoms with E-state index in [1.807, 2.05) is 11.3 Å². The third kappa shape index (κ3) is 3.58. The minimum atomic E-state index is 0.416. The number of hydrogen-bond donors (Lipinski definition) is 1. The van der Waals surface area contributed by atoms with Crippen molar-refractivity contribution in [1.82, 2.24) is 5.32 Å². The van der Waals surface area contributed by atoms with E-state index < -0.39 is 0 Å². The van der Waals surface area contributed by atoms with Gasteiger partial charge in [-0.2, -0.15) is 0 Å². The zero-order chi connectivity index (χ0) is 14.7. The minimum Gasteiger partial charge on any atom is -0.309 e. The van der Waals surface area contributed by atoms with Crippen molar-refractivity contribution in [2.45, 2.75) is 45.1 Å². The molecule has 3 heteroatoms. The van der Waals surface area contributed by atoms with Gasteiger partial charge < -0.3 is 5.32 Å². The maximum absolute atomic E-state index is 3.71. The Hall–Kier alpha value is -0.640. The largest absolute Gasteiger partial charge is 0.309 e. The quantitative estimate of drug-likeness (QED) is 0.735. The normalized spacial score (nSPS) is 15.1. The number of nitrogens with one attached hydrogen (secondary N) is 1. The number of halogens is 1. The van der Waals surface area contributed by atoms with E-state index in [2.05, 4.69) is 57.8 Å². The molecule has 0 bridgehead atoms. The Morgan fingerprint density at radius 1 is 1.24 bits per heavy atom. The summed E-state index contributed by atoms with van der Waals surface area (Å²) >= 11 is 5.54. The summed E-state index contributed by atoms with van der Waals surface area (Å²) in [6, 6.07) is 9.68. The van der Waals surface area contributed by atoms with E-state index in [4.69, 9.17) is 0 Å². The van der Waals surface area contributed by atoms with Gasteiger partial charge >= 0.3 is 0 Å². The molecule has 1 unspecified atom stereocenters. The van der Waals surface area contributed by atoms with Crippen LogP contribution in [-0.4, -0.2) is 6.54 Å². The van der Waals surface area contributed by atoms with Gasteiger partial charge in [0, 0.05) is 15.4 Å². The highest BCUT2D eigenvalue weighted by molar-refractivity contribution is 9.10. The molecule has 1 aliphatic carbocycles. The second-order valence-electron chi connectivity index (χ2n) is 5.80. The predicted molar refractivity (Wildman–Crippen MR) is 95.2 cm³/mol. The predicted octanol–water partition coefficient (Wildman–Crippen LogP) is 5.28. The number of fused-ring (bicyclic) bond motifs is 1. The third-order valence-corrected chi connectivity index (χ3v) is 6.19. The molecule has 3 rings (SSSR count). The summed E-state index contributed by atoms with van der Waals surface area (Å²) in [5.41, 5.74) is 4.60. The van der Waals surface area contributed by atoms with Crippen LogP contribution in [0, 0.1) is 0 Å². The zero-order valence-electron chi connectivity index (χ0n) is 12.5. The number of rotatable bonds is 6. The van der Waals surface area contributed by atoms with E-state index >= 15 is 0 Å². The van der Waals surface area contributed by atoms with Crippen LogP contribution in [0.4, 0.5) is 0 Å². The summed E-state index contributed by atoms with van der Waals surface area (Å²) in [6.45, 7) is 3.29. The van der Waals surface area contributed by atoms with E-state index in [1.54, 1.807) is 11.1 Å². The van der Waals surface area contributed by atoms with Crippen molar-refractivity contribution < 1.29 is 0 Å². The first-order valence-corrected chi connectivity index (χ1v) is 9.52. The lowest BCUT2D eigenvalue weighted by molar-refractivity contribution is 0.535. The molecule has 0 amide bonds. The maximum atomic E-state index is 3.71. The molecule has 1 aliphatic rings. The van der Waals surface area contributed by atoms with E-state index in [0.717, 1.165) is 13.0 Å². The van der Waals surface area contributed by atoms with Crippen LogP contribution in [0.2, 0.25) is 0 Å². The molecule has 0 saturated carbocycles. The molecule has 1 aromatic carbocycles. The Balaban J connectivity index is 1.79. The lowest BCUT2D eigenvalue weighted by Crippen LogP contribution is -2.23. The fraction of sp³-hybridized carbons (Fsp3) is 0.444. The number of benzene rings is 1. The average molecular weight is 364 g/mol. The van der Waals surface area contributed by atoms with Gasteiger partial charge in [-0.3, -0.25) is 0 Å². The van der Waals surface area contributed by atoms with E-state index in [0.29, 0.717) is 6.04 Å². The molecule has 1 N–H and O–H groups in total. The second-order valence-corrected chi connectivity index (χ2v) is 7.60. The summed E-state index contributed by atoms with van der Waals surface area (Å²) in [5.74, 6) is 0. The van der Waals surface area contributed by atoms with Crippen LogP contribution in [0.15, 0.2) is 34.1 Å². The molecule has 0 aliphatic heterocycles. The molecular weight excluding hydrogens is 342 g/mol. The van der Waals surface area contributed by atoms with Gasteiger partial charge in [-0.15, -0.1) is 11.3 Å². The summed E-state index contributed by atoms with van der Waals surface area (Å²) in [7, 11) is 0. The van der Waals surface area contributed by atoms with Gasteiger partial charge in [0.25, 0.3) is 0 Å². The van der Waals surface area contributed by atoms with Crippen LogP contribution in [0.25, 0.3) is 0 Å². The van der Waals surface area contributed by atoms with Crippen molar-refractivity contribution >= 4 is 27.3 Å². The first-order chi connectivity index (χ1) is 10.3. The van der Waals surface area contributed by atoms with Crippen LogP contribution in [0.5, 0.6) is 0 Å². The summed E-state index contributed by atoms with van der Waals surface area (Å²) in [5, 5.41) is 5.88. The Labute approximate surface area is 139 Å². The monoisotopic (exact) mass is 363 g/mol. The summed E-state index contributed by atoms with van der Waals surface area (Å²) < 4.78 is 1.24. The molecule has 2 aromatic rings. The Kier molecular flexibility index (Phi) is 5.15. The molecule has 0 saturated heterocycles. The first kappa shape index (κ1) is 15.3. The SMILES string of the molecule is CCCNC(Cc1ccc2c(c1)CCC2)c1sccc1Br. The highest BCUT2D eigenvalue weighted by Crippen LogP contribution is 2.32. The molecule has 112 valence electrons. The first-order valence-electron chi connectivity index (χ1n) is 7.85. The highest BCUT2D eigenvalue weighted by atomic mass is 79.9. The fourth-order valence-electron chi connectivity index (χ4n) is 3.12. The molecule has 1 nitrogen and oxygen atoms in total. The van der Waals surface area contributed by atoms with E-state index in [-0.39, 0.29) is 0 Å². The zero-order valence-corrected chi connectivity index (χ0v) is 14.9. The lowest BCUT2D eigenvalue weighted by Gasteiger charge is -2.18. The van der Waals surface area contributed by atoms with E-state index in [9.17, 15) is 0 Å². The van der Waals surface area contributed by atoms with E-state index in [1.165, 1.54) is 40.6 Å². The van der Waals surface area contributed by atoms with Gasteiger partial charge in [-0.25, -0.2) is 0 Å². The Morgan fingerprint density at radius 2 is 2.10 bits per heavy atom. The van der Waals surface area contributed by atoms with Crippen molar-refractivity contribution in [2.75, 3.05) is 6.54 Å². The molecule has 0 fully saturated rings. The highest BCUT2D eigenvalue weighted by Gasteiger charge is 2.17. The van der Waals surface area contributed by atoms with Crippen molar-refractivity contribution in [3.05, 3.63) is 55.7 Å². The molecule has 0 spiro atoms. The summed E-state index contributed by atoms with van der Waals surface area (Å²) in [4.78, 5) is 1.42. The van der Waals surface area contributed by atoms with Gasteiger partial charge in [0.15, 0.2) is 0 Å². The second kappa shape index (κ2) is 7.08. The van der Waals surface area contributed by atoms with Crippen molar-refractivity contribution in [1.29, 1.82) is 0 Å². The lowest BCUT2D eigenvalue weighted by atomic mass is 10.00. The number of thiophene rings is 1. The molecule has 1 aromatic heterocycles. The Bertz CT molecular complexity index is 605. The van der Waals surface area contributed by atoms with Gasteiger partial charge in [-0.1, -0.05) is 25.1 Å². The Morgan fingerprint density at radius 3 is 2.86 bits per heavy atom. The molecule has 21 heavy (non-hydrogen) atoms. The number of aryl methyl sites for hydroxylation is 2.